The number of alkyl halides is 2. The Balaban J connectivity index is 1.88. The van der Waals surface area contributed by atoms with Crippen molar-refractivity contribution < 1.29 is 32.7 Å². The van der Waals surface area contributed by atoms with Gasteiger partial charge < -0.3 is 4.74 Å². The number of rotatable bonds is 3. The second-order valence-corrected chi connectivity index (χ2v) is 10.6. The predicted octanol–water partition coefficient (Wildman–Crippen LogP) is 3.91. The van der Waals surface area contributed by atoms with Crippen LogP contribution in [0.25, 0.3) is 0 Å². The third kappa shape index (κ3) is 2.56. The number of carbonyl (C=O) groups is 4. The molecule has 4 aliphatic rings. The lowest BCUT2D eigenvalue weighted by atomic mass is 9.45. The van der Waals surface area contributed by atoms with Gasteiger partial charge in [-0.25, -0.2) is 8.78 Å². The minimum Gasteiger partial charge on any atom is -0.449 e. The molecular weight excluding hydrogens is 438 g/mol. The van der Waals surface area contributed by atoms with Crippen LogP contribution in [0.15, 0.2) is 23.8 Å². The highest BCUT2D eigenvalue weighted by molar-refractivity contribution is 7.96. The summed E-state index contributed by atoms with van der Waals surface area (Å²) in [6.45, 7) is 6.45. The van der Waals surface area contributed by atoms with Crippen LogP contribution in [0.3, 0.4) is 0 Å². The first kappa shape index (κ1) is 23.3. The molecule has 4 rings (SSSR count). The van der Waals surface area contributed by atoms with Crippen LogP contribution in [0.2, 0.25) is 0 Å². The average Bonchev–Trinajstić information content (AvgIpc) is 2.93. The summed E-state index contributed by atoms with van der Waals surface area (Å²) < 4.78 is 38.1. The number of thiol groups is 1. The average molecular weight is 467 g/mol. The molecule has 0 aliphatic heterocycles. The van der Waals surface area contributed by atoms with Crippen LogP contribution in [0, 0.1) is 28.6 Å². The number of carbonyl (C=O) groups excluding carboxylic acids is 4. The quantitative estimate of drug-likeness (QED) is 0.504. The number of Topliss-reactive ketones (excluding diaryl/α,β-unsaturated/α-hetero) is 1. The maximum atomic E-state index is 17.0. The Hall–Kier alpha value is -1.83. The highest BCUT2D eigenvalue weighted by Crippen LogP contribution is 2.70. The summed E-state index contributed by atoms with van der Waals surface area (Å²) >= 11 is 4.06. The van der Waals surface area contributed by atoms with E-state index >= 15 is 8.78 Å². The molecule has 3 saturated carbocycles. The van der Waals surface area contributed by atoms with Crippen LogP contribution < -0.4 is 0 Å². The number of ketones is 2. The summed E-state index contributed by atoms with van der Waals surface area (Å²) in [6.07, 6.45) is 1.68. The van der Waals surface area contributed by atoms with Crippen LogP contribution in [-0.2, 0) is 23.9 Å². The fraction of sp³-hybridized carbons (Fsp3) is 0.667. The molecule has 5 nitrogen and oxygen atoms in total. The molecule has 4 aliphatic carbocycles. The Labute approximate surface area is 191 Å². The van der Waals surface area contributed by atoms with Gasteiger partial charge in [0.05, 0.1) is 5.41 Å². The van der Waals surface area contributed by atoms with Gasteiger partial charge in [-0.1, -0.05) is 26.8 Å². The summed E-state index contributed by atoms with van der Waals surface area (Å²) in [7, 11) is 0. The van der Waals surface area contributed by atoms with E-state index < -0.39 is 68.7 Å². The Kier molecular flexibility index (Phi) is 5.16. The molecule has 0 aromatic heterocycles. The standard InChI is InChI=1S/C24H28F2O5S/c1-5-19(29)31-24(20(30)32)12(2)8-14-15-10-17(25)16-9-13(27)6-7-21(16,3)23(15,26)18(28)11-22(14,24)4/h6-7,9,12,14-15,17H,5,8,10-11H2,1-4H3,(H,30,32)/t12-,14+,15+,17+,21+,22+,23+,24+/m1/s1. The molecule has 3 fully saturated rings. The van der Waals surface area contributed by atoms with Gasteiger partial charge in [0, 0.05) is 30.1 Å². The molecule has 174 valence electrons. The second-order valence-electron chi connectivity index (χ2n) is 10.2. The van der Waals surface area contributed by atoms with Crippen LogP contribution in [0.5, 0.6) is 0 Å². The maximum absolute atomic E-state index is 17.0. The van der Waals surface area contributed by atoms with Crippen molar-refractivity contribution in [3.05, 3.63) is 23.8 Å². The van der Waals surface area contributed by atoms with Crippen LogP contribution in [-0.4, -0.2) is 40.1 Å². The normalized spacial score (nSPS) is 47.3. The van der Waals surface area contributed by atoms with E-state index in [0.29, 0.717) is 0 Å². The first-order valence-corrected chi connectivity index (χ1v) is 11.5. The number of halogens is 2. The van der Waals surface area contributed by atoms with Gasteiger partial charge in [0.1, 0.15) is 6.17 Å². The molecule has 0 saturated heterocycles. The molecule has 32 heavy (non-hydrogen) atoms. The Morgan fingerprint density at radius 1 is 1.22 bits per heavy atom. The number of allylic oxidation sites excluding steroid dienone is 4. The predicted molar refractivity (Wildman–Crippen MR) is 115 cm³/mol. The minimum absolute atomic E-state index is 0.0132. The van der Waals surface area contributed by atoms with Crippen molar-refractivity contribution >= 4 is 35.3 Å². The first-order chi connectivity index (χ1) is 14.8. The lowest BCUT2D eigenvalue weighted by Gasteiger charge is -2.60. The van der Waals surface area contributed by atoms with E-state index in [0.717, 1.165) is 6.08 Å². The van der Waals surface area contributed by atoms with E-state index in [2.05, 4.69) is 12.6 Å². The summed E-state index contributed by atoms with van der Waals surface area (Å²) in [5.74, 6) is -3.97. The number of ether oxygens (including phenoxy) is 1. The summed E-state index contributed by atoms with van der Waals surface area (Å²) in [4.78, 5) is 50.7. The van der Waals surface area contributed by atoms with Crippen LogP contribution in [0.1, 0.15) is 53.4 Å². The summed E-state index contributed by atoms with van der Waals surface area (Å²) in [6, 6.07) is 0. The number of hydrogen-bond donors (Lipinski definition) is 1. The topological polar surface area (TPSA) is 77.5 Å². The largest absolute Gasteiger partial charge is 0.449 e. The first-order valence-electron chi connectivity index (χ1n) is 11.1. The fourth-order valence-corrected chi connectivity index (χ4v) is 7.75. The van der Waals surface area contributed by atoms with E-state index in [4.69, 9.17) is 4.74 Å². The van der Waals surface area contributed by atoms with Gasteiger partial charge in [0.25, 0.3) is 0 Å². The van der Waals surface area contributed by atoms with Crippen molar-refractivity contribution in [1.82, 2.24) is 0 Å². The van der Waals surface area contributed by atoms with Gasteiger partial charge in [0.2, 0.25) is 5.12 Å². The third-order valence-electron chi connectivity index (χ3n) is 8.81. The zero-order valence-electron chi connectivity index (χ0n) is 18.6. The van der Waals surface area contributed by atoms with Gasteiger partial charge >= 0.3 is 5.97 Å². The molecule has 0 unspecified atom stereocenters. The molecule has 8 heteroatoms. The molecule has 0 heterocycles. The number of fused-ring (bicyclic) bond motifs is 5. The number of esters is 1. The van der Waals surface area contributed by atoms with E-state index in [1.54, 1.807) is 20.8 Å². The SMILES string of the molecule is CCC(=O)O[C@]1(C(=O)S)[C@H](C)C[C@H]2[C@@H]3C[C@H](F)C4=CC(=O)C=C[C@]4(C)[C@@]3(F)C(=O)C[C@@]21C. The fourth-order valence-electron chi connectivity index (χ4n) is 7.22. The summed E-state index contributed by atoms with van der Waals surface area (Å²) in [5.41, 5.74) is -6.97. The van der Waals surface area contributed by atoms with Gasteiger partial charge in [0.15, 0.2) is 22.8 Å². The van der Waals surface area contributed by atoms with Crippen molar-refractivity contribution in [2.75, 3.05) is 0 Å². The van der Waals surface area contributed by atoms with Crippen LogP contribution in [0.4, 0.5) is 8.78 Å². The zero-order valence-corrected chi connectivity index (χ0v) is 19.5. The van der Waals surface area contributed by atoms with Gasteiger partial charge in [-0.3, -0.25) is 19.2 Å². The van der Waals surface area contributed by atoms with Crippen molar-refractivity contribution in [1.29, 1.82) is 0 Å². The Morgan fingerprint density at radius 3 is 2.47 bits per heavy atom. The minimum atomic E-state index is -2.44. The number of hydrogen-bond acceptors (Lipinski definition) is 5. The van der Waals surface area contributed by atoms with Gasteiger partial charge in [-0.05, 0) is 43.4 Å². The molecule has 0 radical (unpaired) electrons. The zero-order chi connectivity index (χ0) is 23.9. The molecule has 0 N–H and O–H groups in total. The summed E-state index contributed by atoms with van der Waals surface area (Å²) in [5, 5.41) is -0.682. The van der Waals surface area contributed by atoms with Gasteiger partial charge in [-0.2, -0.15) is 0 Å². The molecule has 8 atom stereocenters. The second kappa shape index (κ2) is 7.08. The Bertz CT molecular complexity index is 991. The molecule has 0 spiro atoms. The molecular formula is C24H28F2O5S. The van der Waals surface area contributed by atoms with Crippen molar-refractivity contribution in [3.8, 4) is 0 Å². The highest BCUT2D eigenvalue weighted by atomic mass is 32.1. The van der Waals surface area contributed by atoms with Crippen molar-refractivity contribution in [2.24, 2.45) is 28.6 Å². The van der Waals surface area contributed by atoms with E-state index in [9.17, 15) is 19.2 Å². The Morgan fingerprint density at radius 2 is 1.88 bits per heavy atom. The molecule has 0 bridgehead atoms. The molecule has 0 aromatic carbocycles. The molecule has 0 amide bonds. The van der Waals surface area contributed by atoms with Gasteiger partial charge in [-0.15, -0.1) is 12.6 Å². The van der Waals surface area contributed by atoms with Crippen molar-refractivity contribution in [3.63, 3.8) is 0 Å². The van der Waals surface area contributed by atoms with E-state index in [1.807, 2.05) is 0 Å². The van der Waals surface area contributed by atoms with Crippen molar-refractivity contribution in [2.45, 2.75) is 70.8 Å². The highest BCUT2D eigenvalue weighted by Gasteiger charge is 2.78. The third-order valence-corrected chi connectivity index (χ3v) is 9.14. The van der Waals surface area contributed by atoms with E-state index in [-0.39, 0.29) is 31.3 Å². The maximum Gasteiger partial charge on any atom is 0.306 e. The molecule has 0 aromatic rings. The monoisotopic (exact) mass is 466 g/mol. The van der Waals surface area contributed by atoms with Crippen LogP contribution >= 0.6 is 12.6 Å². The lowest BCUT2D eigenvalue weighted by molar-refractivity contribution is -0.200. The van der Waals surface area contributed by atoms with E-state index in [1.165, 1.54) is 19.1 Å². The smallest absolute Gasteiger partial charge is 0.306 e. The lowest BCUT2D eigenvalue weighted by Crippen LogP contribution is -2.69.